The Balaban J connectivity index is 1.49. The number of rotatable bonds is 4. The lowest BCUT2D eigenvalue weighted by molar-refractivity contribution is -0.117. The molecule has 1 aromatic carbocycles. The quantitative estimate of drug-likeness (QED) is 0.526. The average molecular weight is 379 g/mol. The van der Waals surface area contributed by atoms with Crippen LogP contribution in [0.4, 0.5) is 0 Å². The Labute approximate surface area is 158 Å². The second kappa shape index (κ2) is 6.85. The molecule has 3 aromatic heterocycles. The van der Waals surface area contributed by atoms with Crippen molar-refractivity contribution < 1.29 is 9.21 Å². The summed E-state index contributed by atoms with van der Waals surface area (Å²) in [4.78, 5) is 32.6. The first-order valence-electron chi connectivity index (χ1n) is 8.46. The van der Waals surface area contributed by atoms with Crippen molar-refractivity contribution in [3.8, 4) is 0 Å². The zero-order valence-electron chi connectivity index (χ0n) is 14.8. The fourth-order valence-electron chi connectivity index (χ4n) is 2.89. The number of hydrogen-bond donors (Lipinski definition) is 2. The highest BCUT2D eigenvalue weighted by atomic mass is 32.1. The number of para-hydroxylation sites is 1. The number of thiophene rings is 1. The maximum atomic E-state index is 12.2. The van der Waals surface area contributed by atoms with Crippen molar-refractivity contribution in [1.29, 1.82) is 0 Å². The van der Waals surface area contributed by atoms with Crippen LogP contribution in [-0.4, -0.2) is 15.9 Å². The van der Waals surface area contributed by atoms with Crippen LogP contribution < -0.4 is 10.9 Å². The summed E-state index contributed by atoms with van der Waals surface area (Å²) in [6, 6.07) is 9.34. The molecule has 1 atom stereocenters. The van der Waals surface area contributed by atoms with E-state index in [0.29, 0.717) is 10.2 Å². The van der Waals surface area contributed by atoms with E-state index in [4.69, 9.17) is 4.42 Å². The maximum Gasteiger partial charge on any atom is 0.348 e. The molecule has 27 heavy (non-hydrogen) atoms. The second-order valence-corrected chi connectivity index (χ2v) is 7.17. The molecule has 0 bridgehead atoms. The number of carbonyl (C=O) groups excluding carboxylic acids is 1. The van der Waals surface area contributed by atoms with Crippen molar-refractivity contribution in [3.05, 3.63) is 69.4 Å². The van der Waals surface area contributed by atoms with Gasteiger partial charge in [-0.25, -0.2) is 9.78 Å². The minimum absolute atomic E-state index is 0.196. The first-order valence-corrected chi connectivity index (χ1v) is 9.34. The maximum absolute atomic E-state index is 12.2. The summed E-state index contributed by atoms with van der Waals surface area (Å²) in [7, 11) is 0. The predicted octanol–water partition coefficient (Wildman–Crippen LogP) is 3.93. The minimum Gasteiger partial charge on any atom is -0.406 e. The Morgan fingerprint density at radius 3 is 3.00 bits per heavy atom. The fraction of sp³-hybridized carbons (Fsp3) is 0.150. The molecule has 6 nitrogen and oxygen atoms in total. The van der Waals surface area contributed by atoms with E-state index in [1.807, 2.05) is 42.6 Å². The Morgan fingerprint density at radius 1 is 1.37 bits per heavy atom. The SMILES string of the molecule is Cc1csc2nc([C@H](C)NC(=O)/C=C/c3cc4ccccc4[nH]3)oc(=O)c12. The van der Waals surface area contributed by atoms with Gasteiger partial charge >= 0.3 is 5.63 Å². The highest BCUT2D eigenvalue weighted by Gasteiger charge is 2.16. The molecular formula is C20H17N3O3S. The number of hydrogen-bond acceptors (Lipinski definition) is 5. The number of H-pyrrole nitrogens is 1. The highest BCUT2D eigenvalue weighted by Crippen LogP contribution is 2.22. The summed E-state index contributed by atoms with van der Waals surface area (Å²) < 4.78 is 5.29. The van der Waals surface area contributed by atoms with Gasteiger partial charge in [0.25, 0.3) is 0 Å². The van der Waals surface area contributed by atoms with Crippen molar-refractivity contribution in [2.75, 3.05) is 0 Å². The van der Waals surface area contributed by atoms with Crippen LogP contribution in [0.2, 0.25) is 0 Å². The number of aromatic nitrogens is 2. The highest BCUT2D eigenvalue weighted by molar-refractivity contribution is 7.16. The molecule has 3 heterocycles. The van der Waals surface area contributed by atoms with Crippen LogP contribution in [0.3, 0.4) is 0 Å². The topological polar surface area (TPSA) is 88.0 Å². The van der Waals surface area contributed by atoms with Crippen molar-refractivity contribution in [2.24, 2.45) is 0 Å². The van der Waals surface area contributed by atoms with Crippen molar-refractivity contribution in [2.45, 2.75) is 19.9 Å². The van der Waals surface area contributed by atoms with Crippen LogP contribution >= 0.6 is 11.3 Å². The Bertz CT molecular complexity index is 1200. The number of nitrogens with zero attached hydrogens (tertiary/aromatic N) is 1. The van der Waals surface area contributed by atoms with Gasteiger partial charge in [0.1, 0.15) is 10.9 Å². The molecule has 2 N–H and O–H groups in total. The summed E-state index contributed by atoms with van der Waals surface area (Å²) >= 11 is 1.39. The third-order valence-electron chi connectivity index (χ3n) is 4.26. The molecule has 1 amide bonds. The molecule has 7 heteroatoms. The Hall–Kier alpha value is -3.19. The van der Waals surface area contributed by atoms with E-state index in [1.54, 1.807) is 13.0 Å². The summed E-state index contributed by atoms with van der Waals surface area (Å²) in [5.74, 6) is -0.102. The monoisotopic (exact) mass is 379 g/mol. The zero-order valence-corrected chi connectivity index (χ0v) is 15.6. The first-order chi connectivity index (χ1) is 13.0. The van der Waals surface area contributed by atoms with Crippen molar-refractivity contribution in [1.82, 2.24) is 15.3 Å². The van der Waals surface area contributed by atoms with E-state index < -0.39 is 11.7 Å². The second-order valence-electron chi connectivity index (χ2n) is 6.31. The number of aromatic amines is 1. The van der Waals surface area contributed by atoms with E-state index in [9.17, 15) is 9.59 Å². The van der Waals surface area contributed by atoms with Gasteiger partial charge in [-0.15, -0.1) is 11.3 Å². The normalized spacial score (nSPS) is 12.8. The number of nitrogens with one attached hydrogen (secondary N) is 2. The molecule has 4 aromatic rings. The van der Waals surface area contributed by atoms with Crippen LogP contribution in [0.1, 0.15) is 30.1 Å². The lowest BCUT2D eigenvalue weighted by atomic mass is 10.2. The van der Waals surface area contributed by atoms with E-state index >= 15 is 0 Å². The molecule has 0 saturated carbocycles. The lowest BCUT2D eigenvalue weighted by Crippen LogP contribution is -2.26. The third-order valence-corrected chi connectivity index (χ3v) is 5.25. The standard InChI is InChI=1S/C20H17N3O3S/c1-11-10-27-19-17(11)20(25)26-18(23-19)12(2)21-16(24)8-7-14-9-13-5-3-4-6-15(13)22-14/h3-10,12,22H,1-2H3,(H,21,24)/b8-7+/t12-/m0/s1. The predicted molar refractivity (Wildman–Crippen MR) is 107 cm³/mol. The molecule has 136 valence electrons. The molecular weight excluding hydrogens is 362 g/mol. The molecule has 0 radical (unpaired) electrons. The van der Waals surface area contributed by atoms with Gasteiger partial charge in [-0.05, 0) is 48.4 Å². The summed E-state index contributed by atoms with van der Waals surface area (Å²) in [6.45, 7) is 3.57. The summed E-state index contributed by atoms with van der Waals surface area (Å²) in [6.07, 6.45) is 3.14. The van der Waals surface area contributed by atoms with Gasteiger partial charge in [-0.2, -0.15) is 0 Å². The minimum atomic E-state index is -0.524. The number of fused-ring (bicyclic) bond motifs is 2. The van der Waals surface area contributed by atoms with Crippen molar-refractivity contribution in [3.63, 3.8) is 0 Å². The zero-order chi connectivity index (χ0) is 19.0. The molecule has 0 saturated heterocycles. The molecule has 0 aliphatic heterocycles. The van der Waals surface area contributed by atoms with Crippen LogP contribution in [0.25, 0.3) is 27.2 Å². The van der Waals surface area contributed by atoms with Crippen LogP contribution in [0, 0.1) is 6.92 Å². The Kier molecular flexibility index (Phi) is 4.37. The van der Waals surface area contributed by atoms with Crippen LogP contribution in [0.5, 0.6) is 0 Å². The number of carbonyl (C=O) groups is 1. The van der Waals surface area contributed by atoms with Gasteiger partial charge in [0, 0.05) is 17.3 Å². The van der Waals surface area contributed by atoms with Gasteiger partial charge in [0.05, 0.1) is 5.39 Å². The molecule has 0 unspecified atom stereocenters. The van der Waals surface area contributed by atoms with Gasteiger partial charge in [0.15, 0.2) is 0 Å². The average Bonchev–Trinajstić information content (AvgIpc) is 3.23. The lowest BCUT2D eigenvalue weighted by Gasteiger charge is -2.10. The number of amides is 1. The number of aryl methyl sites for hydroxylation is 1. The fourth-order valence-corrected chi connectivity index (χ4v) is 3.80. The molecule has 4 rings (SSSR count). The molecule has 0 aliphatic carbocycles. The van der Waals surface area contributed by atoms with Crippen molar-refractivity contribution >= 4 is 44.4 Å². The largest absolute Gasteiger partial charge is 0.406 e. The van der Waals surface area contributed by atoms with Gasteiger partial charge in [-0.1, -0.05) is 18.2 Å². The van der Waals surface area contributed by atoms with E-state index in [1.165, 1.54) is 17.4 Å². The number of benzene rings is 1. The van der Waals surface area contributed by atoms with Gasteiger partial charge in [-0.3, -0.25) is 4.79 Å². The van der Waals surface area contributed by atoms with Gasteiger partial charge < -0.3 is 14.7 Å². The van der Waals surface area contributed by atoms with Gasteiger partial charge in [0.2, 0.25) is 11.8 Å². The molecule has 0 aliphatic rings. The van der Waals surface area contributed by atoms with Crippen LogP contribution in [0.15, 0.2) is 51.0 Å². The van der Waals surface area contributed by atoms with E-state index in [-0.39, 0.29) is 11.8 Å². The summed E-state index contributed by atoms with van der Waals surface area (Å²) in [5, 5.41) is 6.22. The first kappa shape index (κ1) is 17.2. The molecule has 0 spiro atoms. The van der Waals surface area contributed by atoms with E-state index in [2.05, 4.69) is 15.3 Å². The third kappa shape index (κ3) is 3.41. The van der Waals surface area contributed by atoms with E-state index in [0.717, 1.165) is 22.2 Å². The smallest absolute Gasteiger partial charge is 0.348 e. The van der Waals surface area contributed by atoms with Crippen LogP contribution in [-0.2, 0) is 4.79 Å². The summed E-state index contributed by atoms with van der Waals surface area (Å²) in [5.41, 5.74) is 2.26. The Morgan fingerprint density at radius 2 is 2.19 bits per heavy atom. The molecule has 0 fully saturated rings.